The van der Waals surface area contributed by atoms with Crippen LogP contribution >= 0.6 is 0 Å². The van der Waals surface area contributed by atoms with E-state index < -0.39 is 4.92 Å². The van der Waals surface area contributed by atoms with Crippen LogP contribution in [0.3, 0.4) is 0 Å². The highest BCUT2D eigenvalue weighted by Crippen LogP contribution is 2.27. The summed E-state index contributed by atoms with van der Waals surface area (Å²) < 4.78 is 0. The van der Waals surface area contributed by atoms with E-state index >= 15 is 0 Å². The molecular formula is C11H12N4O2. The minimum atomic E-state index is -0.392. The Balaban J connectivity index is 2.54. The van der Waals surface area contributed by atoms with Crippen molar-refractivity contribution in [1.29, 1.82) is 0 Å². The zero-order valence-corrected chi connectivity index (χ0v) is 9.30. The van der Waals surface area contributed by atoms with Gasteiger partial charge in [0.25, 0.3) is 5.69 Å². The average Bonchev–Trinajstić information content (AvgIpc) is 2.77. The lowest BCUT2D eigenvalue weighted by molar-refractivity contribution is -0.385. The molecular weight excluding hydrogens is 220 g/mol. The first-order valence-electron chi connectivity index (χ1n) is 5.11. The van der Waals surface area contributed by atoms with E-state index in [0.717, 1.165) is 16.8 Å². The third-order valence-corrected chi connectivity index (χ3v) is 2.63. The largest absolute Gasteiger partial charge is 0.326 e. The summed E-state index contributed by atoms with van der Waals surface area (Å²) in [6.07, 6.45) is 1.63. The van der Waals surface area contributed by atoms with E-state index in [1.54, 1.807) is 19.2 Å². The number of nitrogens with one attached hydrogen (secondary N) is 1. The normalized spacial score (nSPS) is 10.5. The fourth-order valence-electron chi connectivity index (χ4n) is 1.68. The number of nitrogens with zero attached hydrogens (tertiary/aromatic N) is 2. The lowest BCUT2D eigenvalue weighted by Crippen LogP contribution is -1.97. The van der Waals surface area contributed by atoms with Crippen molar-refractivity contribution >= 4 is 5.69 Å². The molecule has 0 spiro atoms. The molecule has 88 valence electrons. The standard InChI is InChI=1S/C11H12N4O2/c1-7-2-3-8(4-10(7)15(16)17)11-9(5-12)6-13-14-11/h2-4,6H,5,12H2,1H3,(H,13,14). The van der Waals surface area contributed by atoms with Crippen LogP contribution in [0.25, 0.3) is 11.3 Å². The van der Waals surface area contributed by atoms with Gasteiger partial charge in [0.1, 0.15) is 0 Å². The number of H-pyrrole nitrogens is 1. The average molecular weight is 232 g/mol. The molecule has 0 fully saturated rings. The Labute approximate surface area is 97.6 Å². The molecule has 1 heterocycles. The van der Waals surface area contributed by atoms with E-state index in [9.17, 15) is 10.1 Å². The molecule has 0 atom stereocenters. The molecule has 2 aromatic rings. The molecule has 1 aromatic heterocycles. The van der Waals surface area contributed by atoms with E-state index in [2.05, 4.69) is 10.2 Å². The predicted octanol–water partition coefficient (Wildman–Crippen LogP) is 1.75. The van der Waals surface area contributed by atoms with Gasteiger partial charge in [-0.3, -0.25) is 15.2 Å². The number of aryl methyl sites for hydroxylation is 1. The maximum Gasteiger partial charge on any atom is 0.272 e. The van der Waals surface area contributed by atoms with Crippen LogP contribution in [-0.2, 0) is 6.54 Å². The SMILES string of the molecule is Cc1ccc(-c2[nH]ncc2CN)cc1[N+](=O)[O-]. The molecule has 1 aromatic carbocycles. The number of benzene rings is 1. The lowest BCUT2D eigenvalue weighted by Gasteiger charge is -2.03. The number of aromatic amines is 1. The van der Waals surface area contributed by atoms with Crippen LogP contribution in [0.2, 0.25) is 0 Å². The molecule has 0 saturated heterocycles. The third-order valence-electron chi connectivity index (χ3n) is 2.63. The molecule has 0 radical (unpaired) electrons. The highest BCUT2D eigenvalue weighted by molar-refractivity contribution is 5.66. The lowest BCUT2D eigenvalue weighted by atomic mass is 10.0. The van der Waals surface area contributed by atoms with Crippen LogP contribution in [0.15, 0.2) is 24.4 Å². The fourth-order valence-corrected chi connectivity index (χ4v) is 1.68. The van der Waals surface area contributed by atoms with Gasteiger partial charge >= 0.3 is 0 Å². The van der Waals surface area contributed by atoms with Gasteiger partial charge in [0.2, 0.25) is 0 Å². The molecule has 0 amide bonds. The second kappa shape index (κ2) is 4.34. The number of rotatable bonds is 3. The number of nitro benzene ring substituents is 1. The molecule has 6 nitrogen and oxygen atoms in total. The van der Waals surface area contributed by atoms with Gasteiger partial charge in [0.05, 0.1) is 16.8 Å². The Morgan fingerprint density at radius 1 is 1.53 bits per heavy atom. The molecule has 0 aliphatic rings. The Kier molecular flexibility index (Phi) is 2.88. The van der Waals surface area contributed by atoms with Gasteiger partial charge in [-0.15, -0.1) is 0 Å². The van der Waals surface area contributed by atoms with Gasteiger partial charge in [-0.25, -0.2) is 0 Å². The monoisotopic (exact) mass is 232 g/mol. The number of nitro groups is 1. The Hall–Kier alpha value is -2.21. The number of hydrogen-bond donors (Lipinski definition) is 2. The van der Waals surface area contributed by atoms with Gasteiger partial charge in [0, 0.05) is 29.3 Å². The summed E-state index contributed by atoms with van der Waals surface area (Å²) >= 11 is 0. The number of aromatic nitrogens is 2. The summed E-state index contributed by atoms with van der Waals surface area (Å²) in [6, 6.07) is 5.06. The minimum Gasteiger partial charge on any atom is -0.326 e. The summed E-state index contributed by atoms with van der Waals surface area (Å²) in [4.78, 5) is 10.5. The summed E-state index contributed by atoms with van der Waals surface area (Å²) in [7, 11) is 0. The highest BCUT2D eigenvalue weighted by atomic mass is 16.6. The summed E-state index contributed by atoms with van der Waals surface area (Å²) in [6.45, 7) is 2.05. The third kappa shape index (κ3) is 2.02. The van der Waals surface area contributed by atoms with Crippen molar-refractivity contribution in [2.24, 2.45) is 5.73 Å². The van der Waals surface area contributed by atoms with Crippen molar-refractivity contribution in [3.05, 3.63) is 45.6 Å². The predicted molar refractivity (Wildman–Crippen MR) is 63.3 cm³/mol. The maximum absolute atomic E-state index is 10.9. The minimum absolute atomic E-state index is 0.0973. The van der Waals surface area contributed by atoms with Crippen molar-refractivity contribution in [2.75, 3.05) is 0 Å². The molecule has 17 heavy (non-hydrogen) atoms. The smallest absolute Gasteiger partial charge is 0.272 e. The second-order valence-corrected chi connectivity index (χ2v) is 3.73. The topological polar surface area (TPSA) is 97.8 Å². The van der Waals surface area contributed by atoms with Crippen LogP contribution in [-0.4, -0.2) is 15.1 Å². The van der Waals surface area contributed by atoms with E-state index in [1.165, 1.54) is 6.07 Å². The summed E-state index contributed by atoms with van der Waals surface area (Å²) in [5, 5.41) is 17.6. The molecule has 2 rings (SSSR count). The number of hydrogen-bond acceptors (Lipinski definition) is 4. The summed E-state index contributed by atoms with van der Waals surface area (Å²) in [5.74, 6) is 0. The van der Waals surface area contributed by atoms with E-state index in [-0.39, 0.29) is 5.69 Å². The highest BCUT2D eigenvalue weighted by Gasteiger charge is 2.14. The van der Waals surface area contributed by atoms with Gasteiger partial charge < -0.3 is 5.73 Å². The summed E-state index contributed by atoms with van der Waals surface area (Å²) in [5.41, 5.74) is 8.59. The van der Waals surface area contributed by atoms with Crippen LogP contribution in [0.5, 0.6) is 0 Å². The first-order valence-corrected chi connectivity index (χ1v) is 5.11. The molecule has 0 aliphatic carbocycles. The van der Waals surface area contributed by atoms with E-state index in [4.69, 9.17) is 5.73 Å². The van der Waals surface area contributed by atoms with E-state index in [1.807, 2.05) is 6.07 Å². The maximum atomic E-state index is 10.9. The molecule has 0 saturated carbocycles. The molecule has 0 unspecified atom stereocenters. The first-order chi connectivity index (χ1) is 8.13. The Morgan fingerprint density at radius 2 is 2.29 bits per heavy atom. The zero-order chi connectivity index (χ0) is 12.4. The second-order valence-electron chi connectivity index (χ2n) is 3.73. The van der Waals surface area contributed by atoms with Gasteiger partial charge in [-0.05, 0) is 6.92 Å². The van der Waals surface area contributed by atoms with Crippen LogP contribution in [0.1, 0.15) is 11.1 Å². The number of nitrogens with two attached hydrogens (primary N) is 1. The van der Waals surface area contributed by atoms with Crippen LogP contribution < -0.4 is 5.73 Å². The molecule has 0 bridgehead atoms. The van der Waals surface area contributed by atoms with Crippen LogP contribution in [0.4, 0.5) is 5.69 Å². The van der Waals surface area contributed by atoms with Crippen molar-refractivity contribution < 1.29 is 4.92 Å². The first kappa shape index (κ1) is 11.3. The molecule has 3 N–H and O–H groups in total. The zero-order valence-electron chi connectivity index (χ0n) is 9.30. The quantitative estimate of drug-likeness (QED) is 0.622. The van der Waals surface area contributed by atoms with Gasteiger partial charge in [-0.2, -0.15) is 5.10 Å². The van der Waals surface area contributed by atoms with E-state index in [0.29, 0.717) is 12.1 Å². The molecule has 6 heteroatoms. The van der Waals surface area contributed by atoms with Crippen molar-refractivity contribution in [2.45, 2.75) is 13.5 Å². The fraction of sp³-hybridized carbons (Fsp3) is 0.182. The molecule has 0 aliphatic heterocycles. The van der Waals surface area contributed by atoms with Crippen molar-refractivity contribution in [1.82, 2.24) is 10.2 Å². The van der Waals surface area contributed by atoms with Crippen LogP contribution in [0, 0.1) is 17.0 Å². The van der Waals surface area contributed by atoms with Gasteiger partial charge in [-0.1, -0.05) is 12.1 Å². The Morgan fingerprint density at radius 3 is 2.94 bits per heavy atom. The Bertz CT molecular complexity index is 562. The van der Waals surface area contributed by atoms with Gasteiger partial charge in [0.15, 0.2) is 0 Å². The van der Waals surface area contributed by atoms with Crippen molar-refractivity contribution in [3.8, 4) is 11.3 Å². The van der Waals surface area contributed by atoms with Crippen molar-refractivity contribution in [3.63, 3.8) is 0 Å².